The maximum atomic E-state index is 10.2. The number of quaternary nitrogens is 2. The Morgan fingerprint density at radius 2 is 0.660 bits per heavy atom. The molecule has 0 aliphatic rings. The molecule has 0 heterocycles. The lowest BCUT2D eigenvalue weighted by molar-refractivity contribution is -0.870. The summed E-state index contributed by atoms with van der Waals surface area (Å²) in [7, 11) is 9.00. The van der Waals surface area contributed by atoms with Crippen LogP contribution in [0.25, 0.3) is 0 Å². The van der Waals surface area contributed by atoms with Crippen molar-refractivity contribution >= 4 is 7.82 Å². The Balaban J connectivity index is -0.000000726. The molecule has 0 saturated carbocycles. The van der Waals surface area contributed by atoms with E-state index in [2.05, 4.69) is 67.6 Å². The normalized spacial score (nSPS) is 12.6. The van der Waals surface area contributed by atoms with Gasteiger partial charge in [-0.25, -0.2) is 0 Å². The quantitative estimate of drug-likeness (QED) is 0.0358. The summed E-state index contributed by atoms with van der Waals surface area (Å²) in [5.41, 5.74) is 0. The van der Waals surface area contributed by atoms with Crippen LogP contribution in [-0.4, -0.2) is 70.9 Å². The van der Waals surface area contributed by atoms with Crippen molar-refractivity contribution in [1.82, 2.24) is 0 Å². The third kappa shape index (κ3) is 61.5. The monoisotopic (exact) mass is 777 g/mol. The first kappa shape index (κ1) is 57.4. The van der Waals surface area contributed by atoms with Crippen molar-refractivity contribution in [3.8, 4) is 0 Å². The van der Waals surface area contributed by atoms with E-state index in [4.69, 9.17) is 0 Å². The van der Waals surface area contributed by atoms with Gasteiger partial charge in [-0.3, -0.25) is 0 Å². The molecule has 0 rings (SSSR count). The zero-order chi connectivity index (χ0) is 40.5. The third-order valence-electron chi connectivity index (χ3n) is 10.4. The van der Waals surface area contributed by atoms with Gasteiger partial charge in [-0.2, -0.15) is 0 Å². The summed E-state index contributed by atoms with van der Waals surface area (Å²) in [6, 6.07) is 0. The van der Waals surface area contributed by atoms with Crippen LogP contribution in [0, 0.1) is 5.92 Å². The van der Waals surface area contributed by atoms with Gasteiger partial charge in [-0.15, -0.1) is 0 Å². The second kappa shape index (κ2) is 41.7. The predicted molar refractivity (Wildman–Crippen MR) is 233 cm³/mol. The molecule has 0 aliphatic carbocycles. The van der Waals surface area contributed by atoms with Gasteiger partial charge in [-0.1, -0.05) is 201 Å². The van der Waals surface area contributed by atoms with Crippen LogP contribution in [0.2, 0.25) is 0 Å². The maximum Gasteiger partial charge on any atom is 0.0780 e. The zero-order valence-electron chi connectivity index (χ0n) is 38.3. The number of hydrogen-bond donors (Lipinski definition) is 0. The first-order chi connectivity index (χ1) is 25.1. The summed E-state index contributed by atoms with van der Waals surface area (Å²) in [6.45, 7) is 11.3. The number of rotatable bonds is 37. The molecule has 7 heteroatoms. The summed E-state index contributed by atoms with van der Waals surface area (Å²) >= 11 is 0. The van der Waals surface area contributed by atoms with Gasteiger partial charge in [0.15, 0.2) is 0 Å². The SMILES string of the molecule is CCCCC(CC)COP(=O)([O-])[O-].CCCCCCCCCCCCCCCC[N+](C)(C)C.CCCCCCCCCCCCCCCC[N+](C)(C)C. The van der Waals surface area contributed by atoms with E-state index in [-0.39, 0.29) is 12.5 Å². The third-order valence-corrected chi connectivity index (χ3v) is 10.8. The molecule has 0 radical (unpaired) electrons. The number of hydrogen-bond acceptors (Lipinski definition) is 4. The van der Waals surface area contributed by atoms with E-state index in [1.165, 1.54) is 193 Å². The fourth-order valence-corrected chi connectivity index (χ4v) is 7.05. The number of nitrogens with zero attached hydrogens (tertiary/aromatic N) is 2. The van der Waals surface area contributed by atoms with Gasteiger partial charge in [-0.05, 0) is 38.0 Å². The van der Waals surface area contributed by atoms with Crippen LogP contribution in [0.5, 0.6) is 0 Å². The Kier molecular flexibility index (Phi) is 45.1. The minimum atomic E-state index is -4.76. The number of unbranched alkanes of at least 4 members (excludes halogenated alkanes) is 27. The van der Waals surface area contributed by atoms with Crippen molar-refractivity contribution < 1.29 is 27.8 Å². The minimum absolute atomic E-state index is 0.0424. The molecule has 0 aromatic carbocycles. The molecule has 0 aliphatic heterocycles. The minimum Gasteiger partial charge on any atom is -0.790 e. The number of phosphoric ester groups is 1. The topological polar surface area (TPSA) is 72.4 Å². The van der Waals surface area contributed by atoms with Gasteiger partial charge in [0.1, 0.15) is 0 Å². The zero-order valence-corrected chi connectivity index (χ0v) is 39.2. The first-order valence-electron chi connectivity index (χ1n) is 23.4. The van der Waals surface area contributed by atoms with Gasteiger partial charge in [0.25, 0.3) is 0 Å². The lowest BCUT2D eigenvalue weighted by Crippen LogP contribution is -2.35. The molecule has 0 saturated heterocycles. The molecule has 0 aromatic heterocycles. The maximum absolute atomic E-state index is 10.2. The van der Waals surface area contributed by atoms with Crippen molar-refractivity contribution in [3.05, 3.63) is 0 Å². The summed E-state index contributed by atoms with van der Waals surface area (Å²) in [5.74, 6) is 0.191. The number of phosphoric acid groups is 1. The summed E-state index contributed by atoms with van der Waals surface area (Å²) < 4.78 is 16.6. The van der Waals surface area contributed by atoms with Gasteiger partial charge in [0.05, 0.1) is 69.8 Å². The average molecular weight is 777 g/mol. The Labute approximate surface area is 335 Å². The van der Waals surface area contributed by atoms with E-state index < -0.39 is 7.82 Å². The highest BCUT2D eigenvalue weighted by Crippen LogP contribution is 2.27. The molecule has 324 valence electrons. The Bertz CT molecular complexity index is 690. The van der Waals surface area contributed by atoms with Crippen LogP contribution in [0.1, 0.15) is 233 Å². The van der Waals surface area contributed by atoms with Crippen molar-refractivity contribution in [2.24, 2.45) is 5.92 Å². The fraction of sp³-hybridized carbons (Fsp3) is 1.00. The van der Waals surface area contributed by atoms with E-state index >= 15 is 0 Å². The van der Waals surface area contributed by atoms with Crippen LogP contribution >= 0.6 is 7.82 Å². The lowest BCUT2D eigenvalue weighted by Gasteiger charge is -2.30. The lowest BCUT2D eigenvalue weighted by atomic mass is 10.0. The van der Waals surface area contributed by atoms with E-state index in [1.807, 2.05) is 6.92 Å². The summed E-state index contributed by atoms with van der Waals surface area (Å²) in [6.07, 6.45) is 44.6. The van der Waals surface area contributed by atoms with E-state index in [0.717, 1.165) is 34.6 Å². The molecular formula is C46H101N2O4P. The first-order valence-corrected chi connectivity index (χ1v) is 24.8. The van der Waals surface area contributed by atoms with Crippen molar-refractivity contribution in [1.29, 1.82) is 0 Å². The highest BCUT2D eigenvalue weighted by atomic mass is 31.2. The molecule has 1 unspecified atom stereocenters. The van der Waals surface area contributed by atoms with Crippen LogP contribution in [-0.2, 0) is 9.09 Å². The van der Waals surface area contributed by atoms with Crippen LogP contribution in [0.4, 0.5) is 0 Å². The molecule has 0 amide bonds. The standard InChI is InChI=1S/2C19H42N.C8H19O4P/c2*1-5-6-7-8-9-10-11-12-13-14-15-16-17-18-19-20(2,3)4;1-3-5-6-8(4-2)7-12-13(9,10)11/h2*5-19H2,1-4H3;8H,3-7H2,1-2H3,(H2,9,10,11)/q2*+1;/p-2. The Morgan fingerprint density at radius 3 is 0.868 bits per heavy atom. The molecular weight excluding hydrogens is 675 g/mol. The fourth-order valence-electron chi connectivity index (χ4n) is 6.66. The molecule has 0 bridgehead atoms. The Hall–Kier alpha value is 0.0300. The van der Waals surface area contributed by atoms with Gasteiger partial charge < -0.3 is 27.8 Å². The average Bonchev–Trinajstić information content (AvgIpc) is 3.08. The molecule has 1 atom stereocenters. The van der Waals surface area contributed by atoms with Crippen molar-refractivity contribution in [2.75, 3.05) is 62.0 Å². The summed E-state index contributed by atoms with van der Waals surface area (Å²) in [5, 5.41) is 0. The largest absolute Gasteiger partial charge is 0.790 e. The van der Waals surface area contributed by atoms with Crippen LogP contribution < -0.4 is 9.79 Å². The molecule has 0 aromatic rings. The summed E-state index contributed by atoms with van der Waals surface area (Å²) in [4.78, 5) is 20.4. The van der Waals surface area contributed by atoms with E-state index in [9.17, 15) is 14.4 Å². The van der Waals surface area contributed by atoms with Crippen LogP contribution in [0.15, 0.2) is 0 Å². The highest BCUT2D eigenvalue weighted by Gasteiger charge is 2.07. The second-order valence-corrected chi connectivity index (χ2v) is 19.5. The van der Waals surface area contributed by atoms with Gasteiger partial charge in [0.2, 0.25) is 0 Å². The molecule has 0 N–H and O–H groups in total. The molecule has 6 nitrogen and oxygen atoms in total. The second-order valence-electron chi connectivity index (χ2n) is 18.4. The van der Waals surface area contributed by atoms with E-state index in [1.54, 1.807) is 0 Å². The van der Waals surface area contributed by atoms with Gasteiger partial charge >= 0.3 is 0 Å². The van der Waals surface area contributed by atoms with Crippen LogP contribution in [0.3, 0.4) is 0 Å². The highest BCUT2D eigenvalue weighted by molar-refractivity contribution is 7.43. The predicted octanol–water partition coefficient (Wildman–Crippen LogP) is 13.4. The smallest absolute Gasteiger partial charge is 0.0780 e. The van der Waals surface area contributed by atoms with Gasteiger partial charge in [0, 0.05) is 0 Å². The molecule has 0 spiro atoms. The molecule has 0 fully saturated rings. The van der Waals surface area contributed by atoms with E-state index in [0.29, 0.717) is 0 Å². The molecule has 53 heavy (non-hydrogen) atoms. The van der Waals surface area contributed by atoms with Crippen molar-refractivity contribution in [2.45, 2.75) is 233 Å². The van der Waals surface area contributed by atoms with Crippen molar-refractivity contribution in [3.63, 3.8) is 0 Å². The Morgan fingerprint density at radius 1 is 0.415 bits per heavy atom.